The maximum Gasteiger partial charge on any atom is 0.245 e. The monoisotopic (exact) mass is 445 g/mol. The number of ether oxygens (including phenoxy) is 2. The van der Waals surface area contributed by atoms with Crippen molar-refractivity contribution < 1.29 is 29.0 Å². The van der Waals surface area contributed by atoms with E-state index in [9.17, 15) is 19.5 Å². The summed E-state index contributed by atoms with van der Waals surface area (Å²) in [6, 6.07) is 4.42. The number of hydrogen-bond donors (Lipinski definition) is 2. The Bertz CT molecular complexity index is 888. The van der Waals surface area contributed by atoms with Crippen LogP contribution in [0.5, 0.6) is 11.5 Å². The number of carbonyl (C=O) groups excluding carboxylic acids is 3. The molecule has 9 heteroatoms. The highest BCUT2D eigenvalue weighted by Gasteiger charge is 2.39. The normalized spacial score (nSPS) is 23.2. The Morgan fingerprint density at radius 3 is 2.78 bits per heavy atom. The Hall–Kier alpha value is -2.81. The van der Waals surface area contributed by atoms with Crippen LogP contribution in [0.15, 0.2) is 18.2 Å². The molecule has 1 aromatic rings. The van der Waals surface area contributed by atoms with Gasteiger partial charge in [-0.1, -0.05) is 13.8 Å². The Morgan fingerprint density at radius 2 is 2.03 bits per heavy atom. The predicted octanol–water partition coefficient (Wildman–Crippen LogP) is 1.28. The summed E-state index contributed by atoms with van der Waals surface area (Å²) >= 11 is 0. The maximum absolute atomic E-state index is 13.2. The third kappa shape index (κ3) is 4.53. The van der Waals surface area contributed by atoms with Gasteiger partial charge in [-0.15, -0.1) is 0 Å². The highest BCUT2D eigenvalue weighted by atomic mass is 16.7. The minimum absolute atomic E-state index is 0.0737. The van der Waals surface area contributed by atoms with E-state index in [4.69, 9.17) is 9.47 Å². The third-order valence-electron chi connectivity index (χ3n) is 6.36. The molecule has 32 heavy (non-hydrogen) atoms. The average molecular weight is 446 g/mol. The molecule has 2 saturated heterocycles. The molecule has 0 bridgehead atoms. The number of amides is 3. The second kappa shape index (κ2) is 9.36. The van der Waals surface area contributed by atoms with Gasteiger partial charge in [0.05, 0.1) is 18.6 Å². The molecule has 0 aromatic heterocycles. The van der Waals surface area contributed by atoms with Crippen LogP contribution in [-0.4, -0.2) is 66.3 Å². The maximum atomic E-state index is 13.2. The second-order valence-electron chi connectivity index (χ2n) is 9.14. The minimum atomic E-state index is -0.663. The molecule has 3 aliphatic heterocycles. The smallest absolute Gasteiger partial charge is 0.245 e. The molecule has 3 atom stereocenters. The molecule has 0 spiro atoms. The Kier molecular flexibility index (Phi) is 6.55. The number of aliphatic hydroxyl groups is 1. The number of carbonyl (C=O) groups is 3. The summed E-state index contributed by atoms with van der Waals surface area (Å²) in [5, 5.41) is 12.5. The molecule has 3 amide bonds. The largest absolute Gasteiger partial charge is 0.454 e. The van der Waals surface area contributed by atoms with Gasteiger partial charge in [0.2, 0.25) is 24.5 Å². The van der Waals surface area contributed by atoms with E-state index in [0.717, 1.165) is 12.8 Å². The molecule has 2 N–H and O–H groups in total. The molecule has 0 saturated carbocycles. The van der Waals surface area contributed by atoms with Crippen molar-refractivity contribution in [3.05, 3.63) is 18.2 Å². The number of fused-ring (bicyclic) bond motifs is 1. The van der Waals surface area contributed by atoms with Crippen molar-refractivity contribution >= 4 is 23.4 Å². The van der Waals surface area contributed by atoms with Gasteiger partial charge in [0, 0.05) is 31.3 Å². The molecule has 3 heterocycles. The van der Waals surface area contributed by atoms with Crippen LogP contribution in [0.1, 0.15) is 39.5 Å². The number of likely N-dealkylation sites (tertiary alicyclic amines) is 1. The first kappa shape index (κ1) is 22.4. The Morgan fingerprint density at radius 1 is 1.25 bits per heavy atom. The lowest BCUT2D eigenvalue weighted by Gasteiger charge is -2.29. The van der Waals surface area contributed by atoms with Crippen LogP contribution in [0.2, 0.25) is 0 Å². The lowest BCUT2D eigenvalue weighted by atomic mass is 10.0. The van der Waals surface area contributed by atoms with Crippen LogP contribution in [-0.2, 0) is 14.4 Å². The molecule has 174 valence electrons. The van der Waals surface area contributed by atoms with E-state index in [1.165, 1.54) is 0 Å². The van der Waals surface area contributed by atoms with E-state index >= 15 is 0 Å². The average Bonchev–Trinajstić information content (AvgIpc) is 3.50. The summed E-state index contributed by atoms with van der Waals surface area (Å²) in [4.78, 5) is 42.1. The van der Waals surface area contributed by atoms with Crippen molar-refractivity contribution in [3.8, 4) is 11.5 Å². The van der Waals surface area contributed by atoms with Crippen LogP contribution in [0.25, 0.3) is 0 Å². The zero-order chi connectivity index (χ0) is 22.8. The number of nitrogens with one attached hydrogen (secondary N) is 1. The quantitative estimate of drug-likeness (QED) is 0.655. The predicted molar refractivity (Wildman–Crippen MR) is 116 cm³/mol. The Balaban J connectivity index is 1.43. The van der Waals surface area contributed by atoms with Crippen LogP contribution in [0.4, 0.5) is 5.69 Å². The van der Waals surface area contributed by atoms with Gasteiger partial charge in [-0.3, -0.25) is 14.4 Å². The molecule has 1 aromatic carbocycles. The highest BCUT2D eigenvalue weighted by Crippen LogP contribution is 2.37. The molecule has 4 rings (SSSR count). The van der Waals surface area contributed by atoms with Gasteiger partial charge >= 0.3 is 0 Å². The summed E-state index contributed by atoms with van der Waals surface area (Å²) in [5.41, 5.74) is 0.659. The lowest BCUT2D eigenvalue weighted by Crippen LogP contribution is -2.52. The van der Waals surface area contributed by atoms with Gasteiger partial charge in [-0.2, -0.15) is 0 Å². The topological polar surface area (TPSA) is 108 Å². The van der Waals surface area contributed by atoms with Gasteiger partial charge in [-0.05, 0) is 37.3 Å². The SMILES string of the molecule is CC(C)CC(NC(=O)C1CC(=O)N(c2ccc3c(c2)OCO3)C1)C(=O)N1CCCC1CO. The molecular weight excluding hydrogens is 414 g/mol. The number of nitrogens with zero attached hydrogens (tertiary/aromatic N) is 2. The van der Waals surface area contributed by atoms with Gasteiger partial charge < -0.3 is 29.7 Å². The van der Waals surface area contributed by atoms with Crippen molar-refractivity contribution in [1.82, 2.24) is 10.2 Å². The number of hydrogen-bond acceptors (Lipinski definition) is 6. The first-order valence-corrected chi connectivity index (χ1v) is 11.3. The standard InChI is InChI=1S/C23H31N3O6/c1-14(2)8-18(23(30)25-7-3-4-17(25)12-27)24-22(29)15-9-21(28)26(11-15)16-5-6-19-20(10-16)32-13-31-19/h5-6,10,14-15,17-18,27H,3-4,7-9,11-13H2,1-2H3,(H,24,29). The first-order chi connectivity index (χ1) is 15.4. The number of aliphatic hydroxyl groups excluding tert-OH is 1. The van der Waals surface area contributed by atoms with E-state index in [1.54, 1.807) is 28.0 Å². The van der Waals surface area contributed by atoms with Crippen LogP contribution in [0, 0.1) is 11.8 Å². The third-order valence-corrected chi connectivity index (χ3v) is 6.36. The molecule has 3 aliphatic rings. The van der Waals surface area contributed by atoms with Crippen LogP contribution < -0.4 is 19.7 Å². The van der Waals surface area contributed by atoms with Crippen molar-refractivity contribution in [1.29, 1.82) is 0 Å². The molecular formula is C23H31N3O6. The fraction of sp³-hybridized carbons (Fsp3) is 0.609. The zero-order valence-corrected chi connectivity index (χ0v) is 18.6. The van der Waals surface area contributed by atoms with Gasteiger partial charge in [0.25, 0.3) is 0 Å². The van der Waals surface area contributed by atoms with E-state index in [1.807, 2.05) is 13.8 Å². The first-order valence-electron chi connectivity index (χ1n) is 11.3. The van der Waals surface area contributed by atoms with Crippen molar-refractivity contribution in [2.45, 2.75) is 51.6 Å². The summed E-state index contributed by atoms with van der Waals surface area (Å²) in [5.74, 6) is 0.288. The molecule has 3 unspecified atom stereocenters. The summed E-state index contributed by atoms with van der Waals surface area (Å²) < 4.78 is 10.7. The second-order valence-corrected chi connectivity index (χ2v) is 9.14. The molecule has 0 aliphatic carbocycles. The number of rotatable bonds is 7. The van der Waals surface area contributed by atoms with E-state index in [2.05, 4.69) is 5.32 Å². The van der Waals surface area contributed by atoms with Gasteiger partial charge in [-0.25, -0.2) is 0 Å². The number of anilines is 1. The fourth-order valence-corrected chi connectivity index (χ4v) is 4.68. The molecule has 9 nitrogen and oxygen atoms in total. The number of benzene rings is 1. The highest BCUT2D eigenvalue weighted by molar-refractivity contribution is 6.01. The molecule has 2 fully saturated rings. The van der Waals surface area contributed by atoms with Crippen molar-refractivity contribution in [2.24, 2.45) is 11.8 Å². The van der Waals surface area contributed by atoms with Crippen LogP contribution in [0.3, 0.4) is 0 Å². The Labute approximate surface area is 187 Å². The van der Waals surface area contributed by atoms with Crippen molar-refractivity contribution in [3.63, 3.8) is 0 Å². The van der Waals surface area contributed by atoms with Gasteiger partial charge in [0.1, 0.15) is 6.04 Å². The summed E-state index contributed by atoms with van der Waals surface area (Å²) in [6.45, 7) is 4.91. The van der Waals surface area contributed by atoms with E-state index in [0.29, 0.717) is 30.2 Å². The summed E-state index contributed by atoms with van der Waals surface area (Å²) in [7, 11) is 0. The minimum Gasteiger partial charge on any atom is -0.454 e. The van der Waals surface area contributed by atoms with E-state index in [-0.39, 0.29) is 56.0 Å². The van der Waals surface area contributed by atoms with Gasteiger partial charge in [0.15, 0.2) is 11.5 Å². The van der Waals surface area contributed by atoms with Crippen molar-refractivity contribution in [2.75, 3.05) is 31.4 Å². The van der Waals surface area contributed by atoms with Crippen LogP contribution >= 0.6 is 0 Å². The lowest BCUT2D eigenvalue weighted by molar-refractivity contribution is -0.139. The van der Waals surface area contributed by atoms with E-state index < -0.39 is 12.0 Å². The summed E-state index contributed by atoms with van der Waals surface area (Å²) in [6.07, 6.45) is 2.21. The molecule has 0 radical (unpaired) electrons. The zero-order valence-electron chi connectivity index (χ0n) is 18.6. The fourth-order valence-electron chi connectivity index (χ4n) is 4.68.